The van der Waals surface area contributed by atoms with E-state index < -0.39 is 0 Å². The number of amidine groups is 1. The van der Waals surface area contributed by atoms with Crippen LogP contribution in [0.5, 0.6) is 0 Å². The minimum Gasteiger partial charge on any atom is -0.372 e. The van der Waals surface area contributed by atoms with Gasteiger partial charge in [-0.2, -0.15) is 0 Å². The molecule has 0 saturated heterocycles. The maximum atomic E-state index is 4.16. The van der Waals surface area contributed by atoms with Crippen molar-refractivity contribution in [1.82, 2.24) is 5.32 Å². The van der Waals surface area contributed by atoms with E-state index in [1.54, 1.807) is 0 Å². The van der Waals surface area contributed by atoms with E-state index in [9.17, 15) is 0 Å². The van der Waals surface area contributed by atoms with Gasteiger partial charge in [-0.25, -0.2) is 0 Å². The standard InChI is InChI=1S/C6H10N2/c1-2-3-6-7-4-5-8-6/h2H,1,3-5H2,(H,7,8). The van der Waals surface area contributed by atoms with E-state index in [-0.39, 0.29) is 0 Å². The highest BCUT2D eigenvalue weighted by Gasteiger charge is 1.99. The zero-order chi connectivity index (χ0) is 5.82. The summed E-state index contributed by atoms with van der Waals surface area (Å²) in [5, 5.41) is 3.14. The van der Waals surface area contributed by atoms with Crippen LogP contribution in [0.1, 0.15) is 6.42 Å². The van der Waals surface area contributed by atoms with Gasteiger partial charge in [-0.15, -0.1) is 6.58 Å². The molecular weight excluding hydrogens is 100 g/mol. The molecule has 1 N–H and O–H groups in total. The lowest BCUT2D eigenvalue weighted by atomic mass is 10.4. The van der Waals surface area contributed by atoms with Gasteiger partial charge in [0.25, 0.3) is 0 Å². The normalized spacial score (nSPS) is 17.2. The van der Waals surface area contributed by atoms with Gasteiger partial charge < -0.3 is 5.32 Å². The molecule has 1 aliphatic heterocycles. The van der Waals surface area contributed by atoms with Gasteiger partial charge in [0.2, 0.25) is 0 Å². The third-order valence-electron chi connectivity index (χ3n) is 1.08. The molecule has 1 aliphatic rings. The summed E-state index contributed by atoms with van der Waals surface area (Å²) in [4.78, 5) is 4.16. The van der Waals surface area contributed by atoms with E-state index in [0.29, 0.717) is 0 Å². The predicted octanol–water partition coefficient (Wildman–Crippen LogP) is 0.564. The molecule has 0 saturated carbocycles. The molecule has 0 fully saturated rings. The summed E-state index contributed by atoms with van der Waals surface area (Å²) < 4.78 is 0. The van der Waals surface area contributed by atoms with E-state index in [4.69, 9.17) is 0 Å². The topological polar surface area (TPSA) is 24.4 Å². The van der Waals surface area contributed by atoms with Crippen molar-refractivity contribution in [1.29, 1.82) is 0 Å². The minimum atomic E-state index is 0.889. The first-order valence-corrected chi connectivity index (χ1v) is 2.81. The van der Waals surface area contributed by atoms with Crippen molar-refractivity contribution in [3.8, 4) is 0 Å². The van der Waals surface area contributed by atoms with E-state index in [1.165, 1.54) is 0 Å². The smallest absolute Gasteiger partial charge is 0.100 e. The van der Waals surface area contributed by atoms with Crippen molar-refractivity contribution >= 4 is 5.84 Å². The van der Waals surface area contributed by atoms with Crippen molar-refractivity contribution in [3.05, 3.63) is 12.7 Å². The second kappa shape index (κ2) is 2.50. The molecule has 0 radical (unpaired) electrons. The van der Waals surface area contributed by atoms with Gasteiger partial charge in [0, 0.05) is 13.0 Å². The van der Waals surface area contributed by atoms with E-state index in [1.807, 2.05) is 6.08 Å². The molecule has 0 atom stereocenters. The van der Waals surface area contributed by atoms with Gasteiger partial charge in [-0.3, -0.25) is 4.99 Å². The Labute approximate surface area is 49.3 Å². The van der Waals surface area contributed by atoms with Crippen LogP contribution in [0.2, 0.25) is 0 Å². The predicted molar refractivity (Wildman–Crippen MR) is 35.1 cm³/mol. The Hall–Kier alpha value is -0.790. The fraction of sp³-hybridized carbons (Fsp3) is 0.500. The van der Waals surface area contributed by atoms with Crippen molar-refractivity contribution < 1.29 is 0 Å². The van der Waals surface area contributed by atoms with Crippen LogP contribution in [-0.4, -0.2) is 18.9 Å². The number of aliphatic imine (C=N–C) groups is 1. The van der Waals surface area contributed by atoms with Gasteiger partial charge >= 0.3 is 0 Å². The molecule has 0 spiro atoms. The number of rotatable bonds is 2. The van der Waals surface area contributed by atoms with Crippen LogP contribution in [0.25, 0.3) is 0 Å². The average molecular weight is 110 g/mol. The summed E-state index contributed by atoms with van der Waals surface area (Å²) in [7, 11) is 0. The third kappa shape index (κ3) is 1.09. The van der Waals surface area contributed by atoms with Crippen LogP contribution in [0.4, 0.5) is 0 Å². The number of nitrogens with zero attached hydrogens (tertiary/aromatic N) is 1. The molecular formula is C6H10N2. The third-order valence-corrected chi connectivity index (χ3v) is 1.08. The lowest BCUT2D eigenvalue weighted by Gasteiger charge is -1.93. The molecule has 0 amide bonds. The van der Waals surface area contributed by atoms with Crippen molar-refractivity contribution in [2.75, 3.05) is 13.1 Å². The Morgan fingerprint density at radius 3 is 3.25 bits per heavy atom. The second-order valence-corrected chi connectivity index (χ2v) is 1.75. The number of hydrogen-bond donors (Lipinski definition) is 1. The molecule has 0 aliphatic carbocycles. The fourth-order valence-electron chi connectivity index (χ4n) is 0.720. The van der Waals surface area contributed by atoms with E-state index in [2.05, 4.69) is 16.9 Å². The van der Waals surface area contributed by atoms with Gasteiger partial charge in [0.1, 0.15) is 5.84 Å². The van der Waals surface area contributed by atoms with Gasteiger partial charge in [0.05, 0.1) is 6.54 Å². The van der Waals surface area contributed by atoms with Crippen molar-refractivity contribution in [2.24, 2.45) is 4.99 Å². The zero-order valence-electron chi connectivity index (χ0n) is 4.85. The Balaban J connectivity index is 2.33. The first-order chi connectivity index (χ1) is 3.93. The Bertz CT molecular complexity index is 116. The van der Waals surface area contributed by atoms with Crippen LogP contribution < -0.4 is 5.32 Å². The Morgan fingerprint density at radius 1 is 1.88 bits per heavy atom. The van der Waals surface area contributed by atoms with Crippen LogP contribution in [0, 0.1) is 0 Å². The largest absolute Gasteiger partial charge is 0.372 e. The van der Waals surface area contributed by atoms with Crippen molar-refractivity contribution in [2.45, 2.75) is 6.42 Å². The Kier molecular flexibility index (Phi) is 1.67. The van der Waals surface area contributed by atoms with Gasteiger partial charge in [-0.1, -0.05) is 6.08 Å². The lowest BCUT2D eigenvalue weighted by Crippen LogP contribution is -2.17. The first-order valence-electron chi connectivity index (χ1n) is 2.81. The quantitative estimate of drug-likeness (QED) is 0.516. The van der Waals surface area contributed by atoms with Crippen LogP contribution in [0.3, 0.4) is 0 Å². The molecule has 0 bridgehead atoms. The number of hydrogen-bond acceptors (Lipinski definition) is 2. The summed E-state index contributed by atoms with van der Waals surface area (Å²) in [6, 6.07) is 0. The highest BCUT2D eigenvalue weighted by molar-refractivity contribution is 5.84. The highest BCUT2D eigenvalue weighted by atomic mass is 15.1. The summed E-state index contributed by atoms with van der Waals surface area (Å²) in [5.41, 5.74) is 0. The molecule has 2 heteroatoms. The van der Waals surface area contributed by atoms with Crippen LogP contribution in [0.15, 0.2) is 17.6 Å². The zero-order valence-corrected chi connectivity index (χ0v) is 4.85. The Morgan fingerprint density at radius 2 is 2.75 bits per heavy atom. The minimum absolute atomic E-state index is 0.889. The average Bonchev–Trinajstić information content (AvgIpc) is 2.19. The molecule has 0 aromatic heterocycles. The van der Waals surface area contributed by atoms with Gasteiger partial charge in [-0.05, 0) is 0 Å². The molecule has 1 heterocycles. The summed E-state index contributed by atoms with van der Waals surface area (Å²) in [6.45, 7) is 5.54. The number of nitrogens with one attached hydrogen (secondary N) is 1. The summed E-state index contributed by atoms with van der Waals surface area (Å²) in [5.74, 6) is 1.08. The van der Waals surface area contributed by atoms with E-state index in [0.717, 1.165) is 25.3 Å². The van der Waals surface area contributed by atoms with E-state index >= 15 is 0 Å². The molecule has 8 heavy (non-hydrogen) atoms. The summed E-state index contributed by atoms with van der Waals surface area (Å²) >= 11 is 0. The summed E-state index contributed by atoms with van der Waals surface area (Å²) in [6.07, 6.45) is 2.75. The maximum Gasteiger partial charge on any atom is 0.100 e. The highest BCUT2D eigenvalue weighted by Crippen LogP contribution is 1.89. The second-order valence-electron chi connectivity index (χ2n) is 1.75. The lowest BCUT2D eigenvalue weighted by molar-refractivity contribution is 0.955. The van der Waals surface area contributed by atoms with Gasteiger partial charge in [0.15, 0.2) is 0 Å². The molecule has 0 aromatic carbocycles. The van der Waals surface area contributed by atoms with Crippen molar-refractivity contribution in [3.63, 3.8) is 0 Å². The maximum absolute atomic E-state index is 4.16. The molecule has 0 aromatic rings. The molecule has 2 nitrogen and oxygen atoms in total. The monoisotopic (exact) mass is 110 g/mol. The molecule has 44 valence electrons. The molecule has 0 unspecified atom stereocenters. The van der Waals surface area contributed by atoms with Crippen LogP contribution >= 0.6 is 0 Å². The fourth-order valence-corrected chi connectivity index (χ4v) is 0.720. The molecule has 1 rings (SSSR count). The SMILES string of the molecule is C=CCC1=NCCN1. The first kappa shape index (κ1) is 5.35. The van der Waals surface area contributed by atoms with Crippen LogP contribution in [-0.2, 0) is 0 Å².